The smallest absolute Gasteiger partial charge is 0.242 e. The van der Waals surface area contributed by atoms with Gasteiger partial charge in [-0.3, -0.25) is 4.79 Å². The minimum atomic E-state index is -3.58. The van der Waals surface area contributed by atoms with Crippen LogP contribution in [0.25, 0.3) is 5.69 Å². The molecule has 0 saturated carbocycles. The number of anilines is 1. The van der Waals surface area contributed by atoms with Crippen molar-refractivity contribution < 1.29 is 13.2 Å². The van der Waals surface area contributed by atoms with E-state index in [1.807, 2.05) is 30.3 Å². The third-order valence-corrected chi connectivity index (χ3v) is 6.21. The average Bonchev–Trinajstić information content (AvgIpc) is 3.12. The number of hydrogen-bond donors (Lipinski definition) is 1. The number of sulfonamides is 1. The fraction of sp³-hybridized carbons (Fsp3) is 0.200. The van der Waals surface area contributed by atoms with Gasteiger partial charge >= 0.3 is 0 Å². The zero-order valence-corrected chi connectivity index (χ0v) is 16.8. The quantitative estimate of drug-likeness (QED) is 0.692. The van der Waals surface area contributed by atoms with Crippen molar-refractivity contribution in [1.82, 2.24) is 14.1 Å². The van der Waals surface area contributed by atoms with Crippen molar-refractivity contribution in [2.75, 3.05) is 19.4 Å². The summed E-state index contributed by atoms with van der Waals surface area (Å²) in [5.74, 6) is -0.246. The van der Waals surface area contributed by atoms with E-state index in [2.05, 4.69) is 10.4 Å². The fourth-order valence-electron chi connectivity index (χ4n) is 2.72. The maximum Gasteiger partial charge on any atom is 0.242 e. The molecule has 0 aliphatic heterocycles. The van der Waals surface area contributed by atoms with E-state index >= 15 is 0 Å². The second-order valence-electron chi connectivity index (χ2n) is 6.62. The molecule has 0 bridgehead atoms. The molecule has 1 amide bonds. The zero-order chi connectivity index (χ0) is 20.3. The Kier molecular flexibility index (Phi) is 5.62. The summed E-state index contributed by atoms with van der Waals surface area (Å²) in [6, 6.07) is 14.5. The lowest BCUT2D eigenvalue weighted by molar-refractivity contribution is -0.115. The number of para-hydroxylation sites is 1. The van der Waals surface area contributed by atoms with Gasteiger partial charge in [0.2, 0.25) is 15.9 Å². The van der Waals surface area contributed by atoms with Gasteiger partial charge in [0.25, 0.3) is 0 Å². The summed E-state index contributed by atoms with van der Waals surface area (Å²) in [4.78, 5) is 12.6. The van der Waals surface area contributed by atoms with Gasteiger partial charge in [0, 0.05) is 26.0 Å². The third-order valence-electron chi connectivity index (χ3n) is 4.25. The zero-order valence-electron chi connectivity index (χ0n) is 16.0. The number of aryl methyl sites for hydroxylation is 1. The highest BCUT2D eigenvalue weighted by Gasteiger charge is 2.20. The topological polar surface area (TPSA) is 84.3 Å². The van der Waals surface area contributed by atoms with Gasteiger partial charge in [-0.1, -0.05) is 24.3 Å². The first kappa shape index (κ1) is 19.8. The van der Waals surface area contributed by atoms with Crippen LogP contribution < -0.4 is 5.32 Å². The Balaban J connectivity index is 1.73. The van der Waals surface area contributed by atoms with E-state index in [4.69, 9.17) is 0 Å². The van der Waals surface area contributed by atoms with E-state index < -0.39 is 10.0 Å². The number of aromatic nitrogens is 2. The number of benzene rings is 2. The summed E-state index contributed by atoms with van der Waals surface area (Å²) in [5, 5.41) is 7.03. The van der Waals surface area contributed by atoms with Gasteiger partial charge < -0.3 is 5.32 Å². The first-order valence-corrected chi connectivity index (χ1v) is 10.1. The van der Waals surface area contributed by atoms with Gasteiger partial charge in [-0.2, -0.15) is 5.10 Å². The van der Waals surface area contributed by atoms with E-state index in [9.17, 15) is 13.2 Å². The normalized spacial score (nSPS) is 11.6. The summed E-state index contributed by atoms with van der Waals surface area (Å²) < 4.78 is 27.7. The van der Waals surface area contributed by atoms with Crippen LogP contribution in [0.1, 0.15) is 11.1 Å². The highest BCUT2D eigenvalue weighted by atomic mass is 32.2. The Bertz CT molecular complexity index is 1090. The van der Waals surface area contributed by atoms with Crippen molar-refractivity contribution >= 4 is 21.6 Å². The van der Waals surface area contributed by atoms with E-state index in [0.717, 1.165) is 15.6 Å². The van der Waals surface area contributed by atoms with E-state index in [-0.39, 0.29) is 17.2 Å². The molecule has 1 N–H and O–H groups in total. The lowest BCUT2D eigenvalue weighted by Crippen LogP contribution is -2.23. The monoisotopic (exact) mass is 398 g/mol. The lowest BCUT2D eigenvalue weighted by atomic mass is 10.2. The Labute approximate surface area is 164 Å². The SMILES string of the molecule is Cc1ccc(NC(=O)Cc2cnn(-c3ccccc3)c2)cc1S(=O)(=O)N(C)C. The third kappa shape index (κ3) is 4.29. The van der Waals surface area contributed by atoms with Gasteiger partial charge in [-0.05, 0) is 42.3 Å². The molecule has 2 aromatic carbocycles. The largest absolute Gasteiger partial charge is 0.326 e. The molecule has 0 saturated heterocycles. The molecular formula is C20H22N4O3S. The molecule has 0 fully saturated rings. The number of hydrogen-bond acceptors (Lipinski definition) is 4. The van der Waals surface area contributed by atoms with E-state index in [1.165, 1.54) is 20.2 Å². The standard InChI is InChI=1S/C20H22N4O3S/c1-15-9-10-17(12-19(15)28(26,27)23(2)3)22-20(25)11-16-13-21-24(14-16)18-7-5-4-6-8-18/h4-10,12-14H,11H2,1-3H3,(H,22,25). The first-order chi connectivity index (χ1) is 13.3. The summed E-state index contributed by atoms with van der Waals surface area (Å²) in [6.07, 6.45) is 3.58. The first-order valence-electron chi connectivity index (χ1n) is 8.69. The molecule has 0 spiro atoms. The molecule has 1 aromatic heterocycles. The highest BCUT2D eigenvalue weighted by molar-refractivity contribution is 7.89. The van der Waals surface area contributed by atoms with Gasteiger partial charge in [0.1, 0.15) is 0 Å². The van der Waals surface area contributed by atoms with E-state index in [0.29, 0.717) is 11.3 Å². The average molecular weight is 398 g/mol. The van der Waals surface area contributed by atoms with Crippen molar-refractivity contribution in [1.29, 1.82) is 0 Å². The van der Waals surface area contributed by atoms with Crippen LogP contribution >= 0.6 is 0 Å². The summed E-state index contributed by atoms with van der Waals surface area (Å²) in [7, 11) is -0.630. The van der Waals surface area contributed by atoms with Crippen LogP contribution in [0.15, 0.2) is 65.8 Å². The number of amides is 1. The summed E-state index contributed by atoms with van der Waals surface area (Å²) >= 11 is 0. The molecule has 0 unspecified atom stereocenters. The number of carbonyl (C=O) groups is 1. The van der Waals surface area contributed by atoms with Crippen LogP contribution in [-0.2, 0) is 21.2 Å². The molecule has 0 radical (unpaired) electrons. The second-order valence-corrected chi connectivity index (χ2v) is 8.74. The summed E-state index contributed by atoms with van der Waals surface area (Å²) in [6.45, 7) is 1.72. The minimum Gasteiger partial charge on any atom is -0.326 e. The number of carbonyl (C=O) groups excluding carboxylic acids is 1. The molecule has 1 heterocycles. The number of nitrogens with zero attached hydrogens (tertiary/aromatic N) is 3. The molecule has 146 valence electrons. The molecule has 0 aliphatic rings. The van der Waals surface area contributed by atoms with Gasteiger partial charge in [0.05, 0.1) is 23.2 Å². The fourth-order valence-corrected chi connectivity index (χ4v) is 3.86. The number of rotatable bonds is 6. The number of nitrogens with one attached hydrogen (secondary N) is 1. The van der Waals surface area contributed by atoms with Crippen molar-refractivity contribution in [3.8, 4) is 5.69 Å². The Morgan fingerprint density at radius 1 is 1.14 bits per heavy atom. The predicted molar refractivity (Wildman–Crippen MR) is 108 cm³/mol. The van der Waals surface area contributed by atoms with Crippen LogP contribution in [0, 0.1) is 6.92 Å². The van der Waals surface area contributed by atoms with Crippen LogP contribution in [-0.4, -0.2) is 42.5 Å². The van der Waals surface area contributed by atoms with Gasteiger partial charge in [-0.25, -0.2) is 17.4 Å². The van der Waals surface area contributed by atoms with Crippen LogP contribution in [0.3, 0.4) is 0 Å². The van der Waals surface area contributed by atoms with Crippen molar-refractivity contribution in [3.63, 3.8) is 0 Å². The Hall–Kier alpha value is -2.97. The maximum atomic E-state index is 12.4. The highest BCUT2D eigenvalue weighted by Crippen LogP contribution is 2.22. The van der Waals surface area contributed by atoms with Crippen molar-refractivity contribution in [3.05, 3.63) is 72.1 Å². The molecule has 0 atom stereocenters. The summed E-state index contributed by atoms with van der Waals surface area (Å²) in [5.41, 5.74) is 2.73. The molecular weight excluding hydrogens is 376 g/mol. The molecule has 3 rings (SSSR count). The molecule has 3 aromatic rings. The lowest BCUT2D eigenvalue weighted by Gasteiger charge is -2.15. The van der Waals surface area contributed by atoms with Crippen molar-refractivity contribution in [2.24, 2.45) is 0 Å². The van der Waals surface area contributed by atoms with Gasteiger partial charge in [-0.15, -0.1) is 0 Å². The van der Waals surface area contributed by atoms with Crippen LogP contribution in [0.4, 0.5) is 5.69 Å². The Morgan fingerprint density at radius 3 is 2.54 bits per heavy atom. The maximum absolute atomic E-state index is 12.4. The van der Waals surface area contributed by atoms with Crippen LogP contribution in [0.2, 0.25) is 0 Å². The van der Waals surface area contributed by atoms with E-state index in [1.54, 1.807) is 36.1 Å². The van der Waals surface area contributed by atoms with Crippen LogP contribution in [0.5, 0.6) is 0 Å². The predicted octanol–water partition coefficient (Wildman–Crippen LogP) is 2.61. The van der Waals surface area contributed by atoms with Gasteiger partial charge in [0.15, 0.2) is 0 Å². The molecule has 7 nitrogen and oxygen atoms in total. The Morgan fingerprint density at radius 2 is 1.86 bits per heavy atom. The molecule has 8 heteroatoms. The second kappa shape index (κ2) is 7.95. The molecule has 28 heavy (non-hydrogen) atoms. The van der Waals surface area contributed by atoms with Crippen molar-refractivity contribution in [2.45, 2.75) is 18.2 Å². The molecule has 0 aliphatic carbocycles. The minimum absolute atomic E-state index is 0.135.